The van der Waals surface area contributed by atoms with Gasteiger partial charge in [-0.3, -0.25) is 4.90 Å². The van der Waals surface area contributed by atoms with Crippen LogP contribution in [0.2, 0.25) is 0 Å². The van der Waals surface area contributed by atoms with E-state index >= 15 is 0 Å². The summed E-state index contributed by atoms with van der Waals surface area (Å²) < 4.78 is 28.6. The van der Waals surface area contributed by atoms with E-state index in [1.54, 1.807) is 12.1 Å². The van der Waals surface area contributed by atoms with Gasteiger partial charge in [-0.2, -0.15) is 8.78 Å². The summed E-state index contributed by atoms with van der Waals surface area (Å²) >= 11 is 0. The summed E-state index contributed by atoms with van der Waals surface area (Å²) in [4.78, 5) is 2.41. The maximum absolute atomic E-state index is 12.1. The van der Waals surface area contributed by atoms with Gasteiger partial charge in [0.1, 0.15) is 5.75 Å². The molecule has 1 aliphatic rings. The fraction of sp³-hybridized carbons (Fsp3) is 0.600. The van der Waals surface area contributed by atoms with Crippen molar-refractivity contribution in [2.75, 3.05) is 13.1 Å². The van der Waals surface area contributed by atoms with Crippen LogP contribution in [0.4, 0.5) is 8.78 Å². The van der Waals surface area contributed by atoms with Gasteiger partial charge in [0.2, 0.25) is 0 Å². The summed E-state index contributed by atoms with van der Waals surface area (Å²) in [6.07, 6.45) is 0. The number of hydrogen-bond donors (Lipinski definition) is 1. The molecule has 1 aromatic carbocycles. The number of alkyl halides is 2. The molecule has 1 aliphatic heterocycles. The van der Waals surface area contributed by atoms with Crippen LogP contribution in [-0.4, -0.2) is 36.7 Å². The minimum absolute atomic E-state index is 0.206. The summed E-state index contributed by atoms with van der Waals surface area (Å²) in [5.74, 6) is 0.206. The molecule has 0 aliphatic carbocycles. The third-order valence-electron chi connectivity index (χ3n) is 3.72. The minimum atomic E-state index is -2.77. The molecule has 0 bridgehead atoms. The first-order chi connectivity index (χ1) is 9.45. The Morgan fingerprint density at radius 2 is 1.70 bits per heavy atom. The van der Waals surface area contributed by atoms with E-state index in [1.165, 1.54) is 0 Å². The lowest BCUT2D eigenvalue weighted by atomic mass is 10.0. The highest BCUT2D eigenvalue weighted by Gasteiger charge is 2.25. The van der Waals surface area contributed by atoms with Crippen LogP contribution in [0.3, 0.4) is 0 Å². The lowest BCUT2D eigenvalue weighted by molar-refractivity contribution is -0.0498. The molecule has 0 amide bonds. The third kappa shape index (κ3) is 3.90. The van der Waals surface area contributed by atoms with E-state index in [0.29, 0.717) is 12.1 Å². The van der Waals surface area contributed by atoms with E-state index < -0.39 is 6.61 Å². The molecule has 2 rings (SSSR count). The van der Waals surface area contributed by atoms with Crippen LogP contribution in [0.1, 0.15) is 32.4 Å². The molecule has 3 atom stereocenters. The van der Waals surface area contributed by atoms with Crippen molar-refractivity contribution in [2.24, 2.45) is 0 Å². The average molecular weight is 284 g/mol. The lowest BCUT2D eigenvalue weighted by Crippen LogP contribution is -2.54. The second-order valence-electron chi connectivity index (χ2n) is 5.55. The molecule has 1 heterocycles. The van der Waals surface area contributed by atoms with Gasteiger partial charge in [0, 0.05) is 31.2 Å². The number of hydrogen-bond acceptors (Lipinski definition) is 3. The standard InChI is InChI=1S/C15H22F2N2O/c1-10-8-19(9-11(2)18-10)12(3)13-4-6-14(7-5-13)20-15(16)17/h4-7,10-12,15,18H,8-9H2,1-3H3. The molecule has 0 radical (unpaired) electrons. The largest absolute Gasteiger partial charge is 0.435 e. The van der Waals surface area contributed by atoms with Gasteiger partial charge in [-0.1, -0.05) is 12.1 Å². The molecule has 0 aromatic heterocycles. The molecule has 5 heteroatoms. The Morgan fingerprint density at radius 3 is 2.20 bits per heavy atom. The molecule has 0 saturated carbocycles. The molecule has 1 saturated heterocycles. The summed E-state index contributed by atoms with van der Waals surface area (Å²) in [6.45, 7) is 5.70. The van der Waals surface area contributed by atoms with Crippen molar-refractivity contribution in [3.05, 3.63) is 29.8 Å². The first kappa shape index (κ1) is 15.2. The summed E-state index contributed by atoms with van der Waals surface area (Å²) in [5, 5.41) is 3.50. The SMILES string of the molecule is CC1CN(C(C)c2ccc(OC(F)F)cc2)CC(C)N1. The summed E-state index contributed by atoms with van der Waals surface area (Å²) in [6, 6.07) is 8.12. The Balaban J connectivity index is 2.03. The third-order valence-corrected chi connectivity index (χ3v) is 3.72. The van der Waals surface area contributed by atoms with Crippen LogP contribution < -0.4 is 10.1 Å². The van der Waals surface area contributed by atoms with Gasteiger partial charge in [0.05, 0.1) is 0 Å². The van der Waals surface area contributed by atoms with Gasteiger partial charge in [0.15, 0.2) is 0 Å². The molecular formula is C15H22F2N2O. The Labute approximate surface area is 118 Å². The molecule has 1 aromatic rings. The maximum Gasteiger partial charge on any atom is 0.387 e. The van der Waals surface area contributed by atoms with Crippen molar-refractivity contribution < 1.29 is 13.5 Å². The monoisotopic (exact) mass is 284 g/mol. The van der Waals surface area contributed by atoms with E-state index in [4.69, 9.17) is 0 Å². The first-order valence-electron chi connectivity index (χ1n) is 7.00. The number of halogens is 2. The predicted octanol–water partition coefficient (Wildman–Crippen LogP) is 3.03. The van der Waals surface area contributed by atoms with Crippen LogP contribution in [0.5, 0.6) is 5.75 Å². The zero-order valence-electron chi connectivity index (χ0n) is 12.1. The molecule has 1 fully saturated rings. The van der Waals surface area contributed by atoms with E-state index in [0.717, 1.165) is 18.7 Å². The Morgan fingerprint density at radius 1 is 1.15 bits per heavy atom. The number of benzene rings is 1. The minimum Gasteiger partial charge on any atom is -0.435 e. The quantitative estimate of drug-likeness (QED) is 0.920. The highest BCUT2D eigenvalue weighted by atomic mass is 19.3. The van der Waals surface area contributed by atoms with E-state index in [1.807, 2.05) is 12.1 Å². The van der Waals surface area contributed by atoms with Gasteiger partial charge in [0.25, 0.3) is 0 Å². The van der Waals surface area contributed by atoms with Crippen molar-refractivity contribution in [3.8, 4) is 5.75 Å². The first-order valence-corrected chi connectivity index (χ1v) is 7.00. The summed E-state index contributed by atoms with van der Waals surface area (Å²) in [5.41, 5.74) is 1.12. The van der Waals surface area contributed by atoms with Crippen molar-refractivity contribution in [3.63, 3.8) is 0 Å². The van der Waals surface area contributed by atoms with Gasteiger partial charge >= 0.3 is 6.61 Å². The fourth-order valence-corrected chi connectivity index (χ4v) is 2.82. The number of ether oxygens (including phenoxy) is 1. The van der Waals surface area contributed by atoms with Crippen LogP contribution >= 0.6 is 0 Å². The van der Waals surface area contributed by atoms with Gasteiger partial charge in [-0.15, -0.1) is 0 Å². The van der Waals surface area contributed by atoms with Crippen molar-refractivity contribution in [1.82, 2.24) is 10.2 Å². The molecule has 3 nitrogen and oxygen atoms in total. The second-order valence-corrected chi connectivity index (χ2v) is 5.55. The maximum atomic E-state index is 12.1. The molecule has 1 N–H and O–H groups in total. The lowest BCUT2D eigenvalue weighted by Gasteiger charge is -2.39. The Kier molecular flexibility index (Phi) is 4.94. The van der Waals surface area contributed by atoms with E-state index in [2.05, 4.69) is 35.7 Å². The molecule has 112 valence electrons. The topological polar surface area (TPSA) is 24.5 Å². The highest BCUT2D eigenvalue weighted by Crippen LogP contribution is 2.25. The van der Waals surface area contributed by atoms with E-state index in [-0.39, 0.29) is 11.8 Å². The normalized spacial score (nSPS) is 25.7. The van der Waals surface area contributed by atoms with E-state index in [9.17, 15) is 8.78 Å². The molecular weight excluding hydrogens is 262 g/mol. The molecule has 3 unspecified atom stereocenters. The van der Waals surface area contributed by atoms with Gasteiger partial charge in [-0.25, -0.2) is 0 Å². The van der Waals surface area contributed by atoms with Crippen LogP contribution in [0.15, 0.2) is 24.3 Å². The number of rotatable bonds is 4. The summed E-state index contributed by atoms with van der Waals surface area (Å²) in [7, 11) is 0. The Hall–Kier alpha value is -1.20. The van der Waals surface area contributed by atoms with Gasteiger partial charge in [-0.05, 0) is 38.5 Å². The number of piperazine rings is 1. The molecule has 0 spiro atoms. The number of nitrogens with zero attached hydrogens (tertiary/aromatic N) is 1. The highest BCUT2D eigenvalue weighted by molar-refractivity contribution is 5.29. The fourth-order valence-electron chi connectivity index (χ4n) is 2.82. The average Bonchev–Trinajstić information content (AvgIpc) is 2.37. The van der Waals surface area contributed by atoms with Crippen molar-refractivity contribution >= 4 is 0 Å². The Bertz CT molecular complexity index is 414. The molecule has 20 heavy (non-hydrogen) atoms. The second kappa shape index (κ2) is 6.50. The zero-order chi connectivity index (χ0) is 14.7. The smallest absolute Gasteiger partial charge is 0.387 e. The van der Waals surface area contributed by atoms with Crippen molar-refractivity contribution in [1.29, 1.82) is 0 Å². The van der Waals surface area contributed by atoms with Crippen LogP contribution in [0.25, 0.3) is 0 Å². The van der Waals surface area contributed by atoms with Crippen LogP contribution in [0, 0.1) is 0 Å². The predicted molar refractivity (Wildman–Crippen MR) is 75.1 cm³/mol. The van der Waals surface area contributed by atoms with Crippen molar-refractivity contribution in [2.45, 2.75) is 45.5 Å². The number of nitrogens with one attached hydrogen (secondary N) is 1. The van der Waals surface area contributed by atoms with Gasteiger partial charge < -0.3 is 10.1 Å². The zero-order valence-corrected chi connectivity index (χ0v) is 12.1. The van der Waals surface area contributed by atoms with Crippen LogP contribution in [-0.2, 0) is 0 Å².